The summed E-state index contributed by atoms with van der Waals surface area (Å²) >= 11 is 0. The molecule has 2 rings (SSSR count). The lowest BCUT2D eigenvalue weighted by Gasteiger charge is -2.26. The average Bonchev–Trinajstić information content (AvgIpc) is 2.77. The van der Waals surface area contributed by atoms with E-state index in [9.17, 15) is 25.1 Å². The summed E-state index contributed by atoms with van der Waals surface area (Å²) in [7, 11) is -4.42. The Bertz CT molecular complexity index is 770. The van der Waals surface area contributed by atoms with Crippen molar-refractivity contribution in [1.82, 2.24) is 0 Å². The van der Waals surface area contributed by atoms with Crippen molar-refractivity contribution in [2.45, 2.75) is 31.5 Å². The number of aliphatic hydroxyl groups is 4. The van der Waals surface area contributed by atoms with Gasteiger partial charge in [0.2, 0.25) is 0 Å². The Balaban J connectivity index is 2.26. The van der Waals surface area contributed by atoms with Crippen molar-refractivity contribution >= 4 is 13.0 Å². The van der Waals surface area contributed by atoms with Crippen molar-refractivity contribution in [2.24, 2.45) is 5.16 Å². The number of benzene rings is 2. The van der Waals surface area contributed by atoms with Gasteiger partial charge in [0, 0.05) is 0 Å². The van der Waals surface area contributed by atoms with Gasteiger partial charge in [-0.1, -0.05) is 65.8 Å². The third kappa shape index (κ3) is 6.45. The summed E-state index contributed by atoms with van der Waals surface area (Å²) in [6.07, 6.45) is -5.86. The SMILES string of the molecule is O=P(OCc1ccccc1)(OCc1ccccc1)C(=NO)[C@H](O)[C@@H](O)[C@H](O)CO. The average molecular weight is 425 g/mol. The van der Waals surface area contributed by atoms with E-state index in [1.165, 1.54) is 0 Å². The highest BCUT2D eigenvalue weighted by Crippen LogP contribution is 2.52. The number of oxime groups is 1. The summed E-state index contributed by atoms with van der Waals surface area (Å²) < 4.78 is 24.2. The lowest BCUT2D eigenvalue weighted by molar-refractivity contribution is -0.0557. The quantitative estimate of drug-likeness (QED) is 0.157. The molecule has 0 bridgehead atoms. The van der Waals surface area contributed by atoms with Crippen LogP contribution in [0.2, 0.25) is 0 Å². The van der Waals surface area contributed by atoms with E-state index in [2.05, 4.69) is 5.16 Å². The highest BCUT2D eigenvalue weighted by molar-refractivity contribution is 7.72. The standard InChI is InChI=1S/C19H24NO8P/c21-11-16(22)17(23)18(24)19(20-25)29(26,27-12-14-7-3-1-4-8-14)28-13-15-9-5-2-6-10-15/h1-10,16-18,21-25H,11-13H2/t16-,17+,18-/m1/s1. The molecule has 0 aromatic heterocycles. The minimum absolute atomic E-state index is 0.197. The first-order valence-corrected chi connectivity index (χ1v) is 10.3. The van der Waals surface area contributed by atoms with E-state index >= 15 is 0 Å². The Morgan fingerprint density at radius 3 is 1.72 bits per heavy atom. The van der Waals surface area contributed by atoms with Crippen LogP contribution in [0.5, 0.6) is 0 Å². The van der Waals surface area contributed by atoms with Crippen LogP contribution in [0.3, 0.4) is 0 Å². The first kappa shape index (κ1) is 23.2. The molecule has 0 saturated heterocycles. The van der Waals surface area contributed by atoms with Crippen molar-refractivity contribution in [1.29, 1.82) is 0 Å². The van der Waals surface area contributed by atoms with Crippen LogP contribution in [0.15, 0.2) is 65.8 Å². The molecule has 0 aliphatic heterocycles. The summed E-state index contributed by atoms with van der Waals surface area (Å²) in [5, 5.41) is 50.9. The molecule has 0 aliphatic carbocycles. The van der Waals surface area contributed by atoms with Crippen LogP contribution in [-0.2, 0) is 26.8 Å². The summed E-state index contributed by atoms with van der Waals surface area (Å²) in [4.78, 5) is 0. The molecule has 0 fully saturated rings. The van der Waals surface area contributed by atoms with Gasteiger partial charge in [-0.15, -0.1) is 0 Å². The highest BCUT2D eigenvalue weighted by Gasteiger charge is 2.43. The molecule has 0 aliphatic rings. The van der Waals surface area contributed by atoms with Crippen molar-refractivity contribution in [3.8, 4) is 0 Å². The zero-order valence-electron chi connectivity index (χ0n) is 15.5. The molecule has 0 amide bonds. The molecule has 2 aromatic rings. The van der Waals surface area contributed by atoms with Gasteiger partial charge in [-0.25, -0.2) is 0 Å². The van der Waals surface area contributed by atoms with Crippen LogP contribution in [0.4, 0.5) is 0 Å². The number of nitrogens with zero attached hydrogens (tertiary/aromatic N) is 1. The predicted molar refractivity (Wildman–Crippen MR) is 104 cm³/mol. The van der Waals surface area contributed by atoms with Crippen LogP contribution in [0.25, 0.3) is 0 Å². The van der Waals surface area contributed by atoms with Crippen molar-refractivity contribution < 1.29 is 39.2 Å². The Kier molecular flexibility index (Phi) is 8.94. The van der Waals surface area contributed by atoms with Gasteiger partial charge in [-0.05, 0) is 11.1 Å². The van der Waals surface area contributed by atoms with Gasteiger partial charge >= 0.3 is 7.60 Å². The van der Waals surface area contributed by atoms with Crippen molar-refractivity contribution in [2.75, 3.05) is 6.61 Å². The van der Waals surface area contributed by atoms with Gasteiger partial charge in [-0.3, -0.25) is 13.6 Å². The van der Waals surface area contributed by atoms with E-state index in [1.54, 1.807) is 60.7 Å². The monoisotopic (exact) mass is 425 g/mol. The number of rotatable bonds is 11. The molecule has 0 unspecified atom stereocenters. The zero-order chi connectivity index (χ0) is 21.3. The van der Waals surface area contributed by atoms with Gasteiger partial charge in [0.05, 0.1) is 19.8 Å². The van der Waals surface area contributed by atoms with E-state index in [4.69, 9.17) is 14.2 Å². The molecule has 5 N–H and O–H groups in total. The van der Waals surface area contributed by atoms with Gasteiger partial charge in [0.1, 0.15) is 18.3 Å². The van der Waals surface area contributed by atoms with E-state index in [-0.39, 0.29) is 13.2 Å². The van der Waals surface area contributed by atoms with Crippen LogP contribution < -0.4 is 0 Å². The number of hydrogen-bond acceptors (Lipinski definition) is 9. The second-order valence-electron chi connectivity index (χ2n) is 6.16. The number of hydrogen-bond donors (Lipinski definition) is 5. The van der Waals surface area contributed by atoms with Crippen LogP contribution in [0, 0.1) is 0 Å². The first-order chi connectivity index (χ1) is 13.9. The summed E-state index contributed by atoms with van der Waals surface area (Å²) in [5.41, 5.74) is 0.391. The predicted octanol–water partition coefficient (Wildman–Crippen LogP) is 1.48. The molecule has 0 heterocycles. The summed E-state index contributed by atoms with van der Waals surface area (Å²) in [6, 6.07) is 17.4. The molecule has 0 radical (unpaired) electrons. The molecule has 9 nitrogen and oxygen atoms in total. The molecule has 29 heavy (non-hydrogen) atoms. The summed E-state index contributed by atoms with van der Waals surface area (Å²) in [5.74, 6) is 0. The fourth-order valence-corrected chi connectivity index (χ4v) is 3.95. The maximum Gasteiger partial charge on any atom is 0.382 e. The maximum absolute atomic E-state index is 13.4. The molecule has 0 saturated carbocycles. The van der Waals surface area contributed by atoms with E-state index in [0.29, 0.717) is 11.1 Å². The maximum atomic E-state index is 13.4. The largest absolute Gasteiger partial charge is 0.410 e. The third-order valence-electron chi connectivity index (χ3n) is 4.04. The van der Waals surface area contributed by atoms with Gasteiger partial charge in [-0.2, -0.15) is 0 Å². The van der Waals surface area contributed by atoms with E-state index in [0.717, 1.165) is 0 Å². The molecule has 0 spiro atoms. The third-order valence-corrected chi connectivity index (χ3v) is 5.89. The van der Waals surface area contributed by atoms with Gasteiger partial charge in [0.15, 0.2) is 5.45 Å². The minimum Gasteiger partial charge on any atom is -0.410 e. The molecular formula is C19H24NO8P. The van der Waals surface area contributed by atoms with Crippen LogP contribution in [-0.4, -0.2) is 56.0 Å². The van der Waals surface area contributed by atoms with Gasteiger partial charge in [0.25, 0.3) is 0 Å². The Morgan fingerprint density at radius 1 is 0.897 bits per heavy atom. The normalized spacial score (nSPS) is 15.7. The topological polar surface area (TPSA) is 149 Å². The molecule has 158 valence electrons. The second kappa shape index (κ2) is 11.2. The molecule has 10 heteroatoms. The van der Waals surface area contributed by atoms with Crippen molar-refractivity contribution in [3.63, 3.8) is 0 Å². The second-order valence-corrected chi connectivity index (χ2v) is 8.13. The number of aliphatic hydroxyl groups excluding tert-OH is 4. The van der Waals surface area contributed by atoms with Gasteiger partial charge < -0.3 is 25.6 Å². The van der Waals surface area contributed by atoms with Crippen LogP contribution >= 0.6 is 7.60 Å². The minimum atomic E-state index is -4.42. The van der Waals surface area contributed by atoms with Crippen LogP contribution in [0.1, 0.15) is 11.1 Å². The summed E-state index contributed by atoms with van der Waals surface area (Å²) in [6.45, 7) is -1.27. The molecule has 2 aromatic carbocycles. The Hall–Kier alpha value is -2.10. The zero-order valence-corrected chi connectivity index (χ0v) is 16.4. The lowest BCUT2D eigenvalue weighted by atomic mass is 10.1. The fraction of sp³-hybridized carbons (Fsp3) is 0.316. The Morgan fingerprint density at radius 2 is 1.34 bits per heavy atom. The molecule has 3 atom stereocenters. The lowest BCUT2D eigenvalue weighted by Crippen LogP contribution is -2.44. The fourth-order valence-electron chi connectivity index (χ4n) is 2.38. The first-order valence-electron chi connectivity index (χ1n) is 8.76. The molecular weight excluding hydrogens is 401 g/mol. The highest BCUT2D eigenvalue weighted by atomic mass is 31.2. The Labute approximate surface area is 168 Å². The smallest absolute Gasteiger partial charge is 0.382 e. The van der Waals surface area contributed by atoms with E-state index < -0.39 is 38.0 Å². The van der Waals surface area contributed by atoms with Crippen molar-refractivity contribution in [3.05, 3.63) is 71.8 Å². The van der Waals surface area contributed by atoms with E-state index in [1.807, 2.05) is 0 Å².